The van der Waals surface area contributed by atoms with E-state index in [1.54, 1.807) is 7.11 Å². The molecule has 0 amide bonds. The summed E-state index contributed by atoms with van der Waals surface area (Å²) in [6.45, 7) is 4.58. The van der Waals surface area contributed by atoms with Crippen molar-refractivity contribution in [1.82, 2.24) is 0 Å². The van der Waals surface area contributed by atoms with Crippen LogP contribution < -0.4 is 0 Å². The summed E-state index contributed by atoms with van der Waals surface area (Å²) in [5.41, 5.74) is 1.96. The number of methoxy groups -OCH3 is 1. The molecule has 0 aromatic heterocycles. The Hall–Kier alpha value is -1.46. The average Bonchev–Trinajstić information content (AvgIpc) is 3.22. The van der Waals surface area contributed by atoms with E-state index >= 15 is 0 Å². The number of allylic oxidation sites excluding steroid dienone is 4. The molecule has 29 heavy (non-hydrogen) atoms. The number of hydrogen-bond donors (Lipinski definition) is 1. The smallest absolute Gasteiger partial charge is 0.306 e. The average molecular weight is 401 g/mol. The molecule has 1 aliphatic heterocycles. The summed E-state index contributed by atoms with van der Waals surface area (Å²) in [5.74, 6) is 0.590. The fraction of sp³-hybridized carbons (Fsp3) is 0.750. The Morgan fingerprint density at radius 3 is 2.69 bits per heavy atom. The van der Waals surface area contributed by atoms with Crippen molar-refractivity contribution in [3.8, 4) is 0 Å². The topological polar surface area (TPSA) is 72.8 Å². The molecular weight excluding hydrogens is 368 g/mol. The van der Waals surface area contributed by atoms with Crippen LogP contribution in [0.1, 0.15) is 65.2 Å². The van der Waals surface area contributed by atoms with Crippen LogP contribution >= 0.6 is 0 Å². The second-order valence-electron chi connectivity index (χ2n) is 10.4. The highest BCUT2D eigenvalue weighted by Crippen LogP contribution is 2.69. The predicted molar refractivity (Wildman–Crippen MR) is 107 cm³/mol. The van der Waals surface area contributed by atoms with E-state index in [2.05, 4.69) is 19.9 Å². The number of carbonyl (C=O) groups is 2. The molecule has 0 bridgehead atoms. The zero-order chi connectivity index (χ0) is 20.6. The van der Waals surface area contributed by atoms with Crippen LogP contribution in [0.5, 0.6) is 0 Å². The van der Waals surface area contributed by atoms with E-state index in [-0.39, 0.29) is 40.0 Å². The maximum absolute atomic E-state index is 12.2. The Kier molecular flexibility index (Phi) is 4.22. The molecule has 0 aromatic carbocycles. The summed E-state index contributed by atoms with van der Waals surface area (Å²) in [6.07, 6.45) is 9.60. The third-order valence-electron chi connectivity index (χ3n) is 9.38. The Bertz CT molecular complexity index is 827. The Morgan fingerprint density at radius 1 is 1.21 bits per heavy atom. The lowest BCUT2D eigenvalue weighted by Gasteiger charge is -2.57. The standard InChI is InChI=1S/C24H32O5/c1-22-8-4-15(25)12-14(22)13-16(21(27)28-3)20-17(22)5-9-23(2)18(20)6-10-24(23)11-7-19(26)29-24/h5,12,16,18,20-21,27H,4,6-11,13H2,1-3H3/t16-,18?,20?,21?,22+,23+,24-/m1/s1. The molecule has 1 N–H and O–H groups in total. The van der Waals surface area contributed by atoms with Crippen molar-refractivity contribution in [3.05, 3.63) is 23.3 Å². The van der Waals surface area contributed by atoms with Gasteiger partial charge in [0.1, 0.15) is 5.60 Å². The van der Waals surface area contributed by atoms with Gasteiger partial charge in [-0.25, -0.2) is 0 Å². The summed E-state index contributed by atoms with van der Waals surface area (Å²) >= 11 is 0. The lowest BCUT2D eigenvalue weighted by atomic mass is 9.48. The highest BCUT2D eigenvalue weighted by molar-refractivity contribution is 5.92. The van der Waals surface area contributed by atoms with Crippen molar-refractivity contribution < 1.29 is 24.2 Å². The highest BCUT2D eigenvalue weighted by atomic mass is 16.6. The number of carbonyl (C=O) groups excluding carboxylic acids is 2. The minimum atomic E-state index is -0.865. The molecule has 5 nitrogen and oxygen atoms in total. The molecule has 2 saturated carbocycles. The Labute approximate surface area is 172 Å². The summed E-state index contributed by atoms with van der Waals surface area (Å²) < 4.78 is 11.4. The van der Waals surface area contributed by atoms with Gasteiger partial charge in [0.05, 0.1) is 0 Å². The monoisotopic (exact) mass is 400 g/mol. The van der Waals surface area contributed by atoms with Gasteiger partial charge in [-0.3, -0.25) is 9.59 Å². The fourth-order valence-corrected chi connectivity index (χ4v) is 7.65. The molecule has 5 aliphatic rings. The van der Waals surface area contributed by atoms with E-state index in [1.807, 2.05) is 6.08 Å². The maximum Gasteiger partial charge on any atom is 0.306 e. The number of esters is 1. The van der Waals surface area contributed by atoms with Gasteiger partial charge in [-0.2, -0.15) is 0 Å². The van der Waals surface area contributed by atoms with Gasteiger partial charge >= 0.3 is 5.97 Å². The van der Waals surface area contributed by atoms with Crippen LogP contribution in [-0.2, 0) is 19.1 Å². The molecular formula is C24H32O5. The first-order valence-electron chi connectivity index (χ1n) is 11.1. The number of ketones is 1. The molecule has 0 radical (unpaired) electrons. The van der Waals surface area contributed by atoms with Crippen molar-refractivity contribution in [2.75, 3.05) is 7.11 Å². The van der Waals surface area contributed by atoms with Gasteiger partial charge in [-0.1, -0.05) is 31.1 Å². The number of ether oxygens (including phenoxy) is 2. The third-order valence-corrected chi connectivity index (χ3v) is 9.38. The van der Waals surface area contributed by atoms with Crippen molar-refractivity contribution in [2.24, 2.45) is 28.6 Å². The van der Waals surface area contributed by atoms with Crippen molar-refractivity contribution in [2.45, 2.75) is 77.1 Å². The van der Waals surface area contributed by atoms with E-state index in [9.17, 15) is 14.7 Å². The summed E-state index contributed by atoms with van der Waals surface area (Å²) in [5, 5.41) is 10.8. The molecule has 0 aromatic rings. The van der Waals surface area contributed by atoms with Gasteiger partial charge in [-0.15, -0.1) is 0 Å². The molecule has 1 saturated heterocycles. The summed E-state index contributed by atoms with van der Waals surface area (Å²) in [7, 11) is 1.55. The van der Waals surface area contributed by atoms with Gasteiger partial charge in [0, 0.05) is 36.7 Å². The number of fused-ring (bicyclic) bond motifs is 6. The van der Waals surface area contributed by atoms with E-state index in [1.165, 1.54) is 5.57 Å². The van der Waals surface area contributed by atoms with Crippen LogP contribution in [0.15, 0.2) is 23.3 Å². The maximum atomic E-state index is 12.2. The second-order valence-corrected chi connectivity index (χ2v) is 10.4. The van der Waals surface area contributed by atoms with Crippen molar-refractivity contribution >= 4 is 11.8 Å². The summed E-state index contributed by atoms with van der Waals surface area (Å²) in [4.78, 5) is 24.2. The molecule has 158 valence electrons. The minimum Gasteiger partial charge on any atom is -0.458 e. The minimum absolute atomic E-state index is 0.0678. The number of rotatable bonds is 2. The zero-order valence-electron chi connectivity index (χ0n) is 17.7. The molecule has 1 heterocycles. The largest absolute Gasteiger partial charge is 0.458 e. The fourth-order valence-electron chi connectivity index (χ4n) is 7.65. The van der Waals surface area contributed by atoms with Crippen LogP contribution in [0, 0.1) is 28.6 Å². The zero-order valence-corrected chi connectivity index (χ0v) is 17.7. The lowest BCUT2D eigenvalue weighted by molar-refractivity contribution is -0.167. The number of aliphatic hydroxyl groups is 1. The molecule has 5 heteroatoms. The first-order valence-corrected chi connectivity index (χ1v) is 11.1. The summed E-state index contributed by atoms with van der Waals surface area (Å²) in [6, 6.07) is 0. The van der Waals surface area contributed by atoms with E-state index in [0.717, 1.165) is 37.7 Å². The van der Waals surface area contributed by atoms with Crippen molar-refractivity contribution in [3.63, 3.8) is 0 Å². The van der Waals surface area contributed by atoms with E-state index < -0.39 is 6.29 Å². The highest BCUT2D eigenvalue weighted by Gasteiger charge is 2.67. The van der Waals surface area contributed by atoms with Gasteiger partial charge in [0.25, 0.3) is 0 Å². The van der Waals surface area contributed by atoms with Crippen LogP contribution in [0.4, 0.5) is 0 Å². The van der Waals surface area contributed by atoms with Gasteiger partial charge in [0.2, 0.25) is 0 Å². The SMILES string of the molecule is COC(O)[C@@H]1CC2=CC(=O)CC[C@]2(C)C2=CC[C@@]3(C)C(CC[C@@]34CCC(=O)O4)C21. The second kappa shape index (κ2) is 6.27. The van der Waals surface area contributed by atoms with Crippen LogP contribution in [0.3, 0.4) is 0 Å². The van der Waals surface area contributed by atoms with Gasteiger partial charge in [-0.05, 0) is 56.4 Å². The predicted octanol–water partition coefficient (Wildman–Crippen LogP) is 3.71. The first kappa shape index (κ1) is 19.5. The third kappa shape index (κ3) is 2.46. The normalized spacial score (nSPS) is 47.1. The lowest BCUT2D eigenvalue weighted by Crippen LogP contribution is -2.54. The number of hydrogen-bond acceptors (Lipinski definition) is 5. The van der Waals surface area contributed by atoms with Crippen LogP contribution in [0.2, 0.25) is 0 Å². The Balaban J connectivity index is 1.62. The van der Waals surface area contributed by atoms with Crippen LogP contribution in [-0.4, -0.2) is 35.9 Å². The van der Waals surface area contributed by atoms with E-state index in [0.29, 0.717) is 25.2 Å². The molecule has 3 unspecified atom stereocenters. The molecule has 3 fully saturated rings. The molecule has 7 atom stereocenters. The number of aliphatic hydroxyl groups excluding tert-OH is 1. The van der Waals surface area contributed by atoms with Crippen LogP contribution in [0.25, 0.3) is 0 Å². The van der Waals surface area contributed by atoms with Gasteiger partial charge in [0.15, 0.2) is 12.1 Å². The molecule has 5 rings (SSSR count). The Morgan fingerprint density at radius 2 is 2.00 bits per heavy atom. The molecule has 4 aliphatic carbocycles. The molecule has 1 spiro atoms. The van der Waals surface area contributed by atoms with Crippen molar-refractivity contribution in [1.29, 1.82) is 0 Å². The first-order chi connectivity index (χ1) is 13.7. The van der Waals surface area contributed by atoms with E-state index in [4.69, 9.17) is 9.47 Å². The quantitative estimate of drug-likeness (QED) is 0.435. The van der Waals surface area contributed by atoms with Gasteiger partial charge < -0.3 is 14.6 Å².